The summed E-state index contributed by atoms with van der Waals surface area (Å²) in [5.41, 5.74) is 6.29. The lowest BCUT2D eigenvalue weighted by molar-refractivity contribution is 0.222. The van der Waals surface area contributed by atoms with Gasteiger partial charge in [-0.15, -0.1) is 0 Å². The molecule has 0 spiro atoms. The van der Waals surface area contributed by atoms with E-state index in [0.29, 0.717) is 17.3 Å². The maximum absolute atomic E-state index is 5.79. The molecule has 0 unspecified atom stereocenters. The first kappa shape index (κ1) is 13.1. The van der Waals surface area contributed by atoms with E-state index in [1.165, 1.54) is 25.7 Å². The number of nitrogens with zero attached hydrogens (tertiary/aromatic N) is 3. The van der Waals surface area contributed by atoms with Crippen LogP contribution in [0.2, 0.25) is 0 Å². The molecule has 1 aromatic heterocycles. The summed E-state index contributed by atoms with van der Waals surface area (Å²) in [6.45, 7) is 6.60. The van der Waals surface area contributed by atoms with Crippen LogP contribution in [-0.4, -0.2) is 23.1 Å². The monoisotopic (exact) mass is 248 g/mol. The summed E-state index contributed by atoms with van der Waals surface area (Å²) in [7, 11) is 2.12. The number of nitrogen functional groups attached to an aromatic ring is 1. The van der Waals surface area contributed by atoms with Gasteiger partial charge in [0.05, 0.1) is 0 Å². The van der Waals surface area contributed by atoms with E-state index in [9.17, 15) is 0 Å². The van der Waals surface area contributed by atoms with Gasteiger partial charge in [-0.3, -0.25) is 0 Å². The Morgan fingerprint density at radius 2 is 1.89 bits per heavy atom. The van der Waals surface area contributed by atoms with Crippen molar-refractivity contribution < 1.29 is 0 Å². The lowest BCUT2D eigenvalue weighted by Crippen LogP contribution is -2.37. The fourth-order valence-electron chi connectivity index (χ4n) is 2.71. The van der Waals surface area contributed by atoms with Gasteiger partial charge in [0.1, 0.15) is 17.5 Å². The molecule has 0 radical (unpaired) electrons. The van der Waals surface area contributed by atoms with Crippen molar-refractivity contribution in [1.82, 2.24) is 9.97 Å². The van der Waals surface area contributed by atoms with Crippen molar-refractivity contribution in [3.05, 3.63) is 11.9 Å². The van der Waals surface area contributed by atoms with Crippen LogP contribution >= 0.6 is 0 Å². The summed E-state index contributed by atoms with van der Waals surface area (Å²) in [5.74, 6) is 2.25. The zero-order chi connectivity index (χ0) is 13.3. The molecule has 100 valence electrons. The molecule has 0 amide bonds. The van der Waals surface area contributed by atoms with E-state index in [4.69, 9.17) is 5.73 Å². The standard InChI is InChI=1S/C14H24N4/c1-10-16-12(15)9-13(17-10)18(4)11-5-7-14(2,3)8-6-11/h9,11H,5-8H2,1-4H3,(H2,15,16,17). The summed E-state index contributed by atoms with van der Waals surface area (Å²) in [6, 6.07) is 2.44. The Labute approximate surface area is 110 Å². The fourth-order valence-corrected chi connectivity index (χ4v) is 2.71. The van der Waals surface area contributed by atoms with Gasteiger partial charge in [0.2, 0.25) is 0 Å². The van der Waals surface area contributed by atoms with Crippen molar-refractivity contribution in [2.24, 2.45) is 5.41 Å². The van der Waals surface area contributed by atoms with Gasteiger partial charge in [0.15, 0.2) is 0 Å². The third-order valence-corrected chi connectivity index (χ3v) is 4.06. The van der Waals surface area contributed by atoms with E-state index in [0.717, 1.165) is 11.6 Å². The number of rotatable bonds is 2. The molecule has 1 aromatic rings. The summed E-state index contributed by atoms with van der Waals surface area (Å²) in [4.78, 5) is 10.9. The Bertz CT molecular complexity index is 398. The van der Waals surface area contributed by atoms with E-state index in [1.807, 2.05) is 13.0 Å². The average Bonchev–Trinajstić information content (AvgIpc) is 2.27. The third-order valence-electron chi connectivity index (χ3n) is 4.06. The summed E-state index contributed by atoms with van der Waals surface area (Å²) in [6.07, 6.45) is 5.02. The highest BCUT2D eigenvalue weighted by Gasteiger charge is 2.29. The van der Waals surface area contributed by atoms with Crippen LogP contribution in [0, 0.1) is 12.3 Å². The second-order valence-electron chi connectivity index (χ2n) is 6.20. The van der Waals surface area contributed by atoms with Crippen molar-refractivity contribution >= 4 is 11.6 Å². The SMILES string of the molecule is Cc1nc(N)cc(N(C)C2CCC(C)(C)CC2)n1. The van der Waals surface area contributed by atoms with E-state index >= 15 is 0 Å². The van der Waals surface area contributed by atoms with E-state index in [1.54, 1.807) is 0 Å². The second-order valence-corrected chi connectivity index (χ2v) is 6.20. The molecule has 1 saturated carbocycles. The van der Waals surface area contributed by atoms with Crippen molar-refractivity contribution in [2.45, 2.75) is 52.5 Å². The second kappa shape index (κ2) is 4.75. The molecular weight excluding hydrogens is 224 g/mol. The molecule has 4 nitrogen and oxygen atoms in total. The number of hydrogen-bond donors (Lipinski definition) is 1. The average molecular weight is 248 g/mol. The smallest absolute Gasteiger partial charge is 0.134 e. The lowest BCUT2D eigenvalue weighted by atomic mass is 9.75. The van der Waals surface area contributed by atoms with Crippen molar-refractivity contribution in [3.8, 4) is 0 Å². The maximum Gasteiger partial charge on any atom is 0.134 e. The van der Waals surface area contributed by atoms with Crippen LogP contribution < -0.4 is 10.6 Å². The molecule has 1 aliphatic carbocycles. The Balaban J connectivity index is 2.09. The highest BCUT2D eigenvalue weighted by Crippen LogP contribution is 2.37. The Hall–Kier alpha value is -1.32. The molecule has 1 aliphatic rings. The number of anilines is 2. The van der Waals surface area contributed by atoms with Gasteiger partial charge in [0.25, 0.3) is 0 Å². The summed E-state index contributed by atoms with van der Waals surface area (Å²) >= 11 is 0. The molecule has 2 N–H and O–H groups in total. The first-order chi connectivity index (χ1) is 8.37. The van der Waals surface area contributed by atoms with Crippen LogP contribution in [0.25, 0.3) is 0 Å². The molecule has 0 aromatic carbocycles. The Morgan fingerprint density at radius 1 is 1.28 bits per heavy atom. The van der Waals surface area contributed by atoms with Crippen LogP contribution in [0.4, 0.5) is 11.6 Å². The molecular formula is C14H24N4. The number of hydrogen-bond acceptors (Lipinski definition) is 4. The van der Waals surface area contributed by atoms with Gasteiger partial charge in [-0.05, 0) is 38.0 Å². The predicted octanol–water partition coefficient (Wildman–Crippen LogP) is 2.77. The van der Waals surface area contributed by atoms with Crippen LogP contribution in [-0.2, 0) is 0 Å². The first-order valence-electron chi connectivity index (χ1n) is 6.71. The molecule has 2 rings (SSSR count). The normalized spacial score (nSPS) is 19.8. The highest BCUT2D eigenvalue weighted by atomic mass is 15.2. The zero-order valence-corrected chi connectivity index (χ0v) is 11.9. The van der Waals surface area contributed by atoms with Crippen LogP contribution in [0.1, 0.15) is 45.4 Å². The zero-order valence-electron chi connectivity index (χ0n) is 11.9. The number of aromatic nitrogens is 2. The van der Waals surface area contributed by atoms with E-state index in [2.05, 4.69) is 35.8 Å². The fraction of sp³-hybridized carbons (Fsp3) is 0.714. The van der Waals surface area contributed by atoms with Crippen molar-refractivity contribution in [1.29, 1.82) is 0 Å². The molecule has 18 heavy (non-hydrogen) atoms. The van der Waals surface area contributed by atoms with E-state index < -0.39 is 0 Å². The molecule has 4 heteroatoms. The minimum atomic E-state index is 0.498. The molecule has 1 heterocycles. The molecule has 0 atom stereocenters. The summed E-state index contributed by atoms with van der Waals surface area (Å²) in [5, 5.41) is 0. The molecule has 0 aliphatic heterocycles. The number of aryl methyl sites for hydroxylation is 1. The van der Waals surface area contributed by atoms with Crippen LogP contribution in [0.15, 0.2) is 6.07 Å². The van der Waals surface area contributed by atoms with E-state index in [-0.39, 0.29) is 0 Å². The van der Waals surface area contributed by atoms with Gasteiger partial charge in [-0.2, -0.15) is 0 Å². The quantitative estimate of drug-likeness (QED) is 0.874. The predicted molar refractivity (Wildman–Crippen MR) is 75.6 cm³/mol. The molecule has 0 saturated heterocycles. The third kappa shape index (κ3) is 2.92. The highest BCUT2D eigenvalue weighted by molar-refractivity contribution is 5.47. The topological polar surface area (TPSA) is 55.0 Å². The maximum atomic E-state index is 5.79. The van der Waals surface area contributed by atoms with Gasteiger partial charge < -0.3 is 10.6 Å². The largest absolute Gasteiger partial charge is 0.384 e. The van der Waals surface area contributed by atoms with Crippen LogP contribution in [0.5, 0.6) is 0 Å². The molecule has 1 fully saturated rings. The van der Waals surface area contributed by atoms with Gasteiger partial charge in [0, 0.05) is 19.2 Å². The van der Waals surface area contributed by atoms with Gasteiger partial charge in [-0.25, -0.2) is 9.97 Å². The minimum absolute atomic E-state index is 0.498. The Morgan fingerprint density at radius 3 is 2.44 bits per heavy atom. The lowest BCUT2D eigenvalue weighted by Gasteiger charge is -2.39. The van der Waals surface area contributed by atoms with Crippen molar-refractivity contribution in [3.63, 3.8) is 0 Å². The first-order valence-corrected chi connectivity index (χ1v) is 6.71. The van der Waals surface area contributed by atoms with Crippen molar-refractivity contribution in [2.75, 3.05) is 17.7 Å². The number of nitrogens with two attached hydrogens (primary N) is 1. The summed E-state index contributed by atoms with van der Waals surface area (Å²) < 4.78 is 0. The van der Waals surface area contributed by atoms with Gasteiger partial charge >= 0.3 is 0 Å². The Kier molecular flexibility index (Phi) is 3.46. The van der Waals surface area contributed by atoms with Crippen LogP contribution in [0.3, 0.4) is 0 Å². The minimum Gasteiger partial charge on any atom is -0.384 e. The molecule has 0 bridgehead atoms. The van der Waals surface area contributed by atoms with Gasteiger partial charge in [-0.1, -0.05) is 13.8 Å².